The summed E-state index contributed by atoms with van der Waals surface area (Å²) in [5, 5.41) is 5.24. The maximum Gasteiger partial charge on any atom is 0.322 e. The van der Waals surface area contributed by atoms with Crippen molar-refractivity contribution in [2.75, 3.05) is 23.3 Å². The molecular weight excluding hydrogens is 378 g/mol. The number of rotatable bonds is 6. The van der Waals surface area contributed by atoms with Crippen LogP contribution in [0.1, 0.15) is 29.3 Å². The number of urea groups is 1. The molecule has 1 aromatic heterocycles. The molecule has 0 fully saturated rings. The molecule has 1 N–H and O–H groups in total. The third-order valence-electron chi connectivity index (χ3n) is 5.29. The highest BCUT2D eigenvalue weighted by Crippen LogP contribution is 2.28. The van der Waals surface area contributed by atoms with E-state index in [1.807, 2.05) is 46.6 Å². The summed E-state index contributed by atoms with van der Waals surface area (Å²) in [6, 6.07) is 20.5. The molecule has 3 aromatic rings. The zero-order chi connectivity index (χ0) is 20.1. The van der Waals surface area contributed by atoms with Crippen LogP contribution < -0.4 is 10.2 Å². The molecule has 0 aliphatic carbocycles. The van der Waals surface area contributed by atoms with Crippen molar-refractivity contribution in [3.63, 3.8) is 0 Å². The Morgan fingerprint density at radius 1 is 1.10 bits per heavy atom. The molecule has 0 atom stereocenters. The zero-order valence-electron chi connectivity index (χ0n) is 16.8. The minimum absolute atomic E-state index is 0.0515. The van der Waals surface area contributed by atoms with Crippen LogP contribution >= 0.6 is 11.3 Å². The molecule has 150 valence electrons. The quantitative estimate of drug-likeness (QED) is 0.566. The van der Waals surface area contributed by atoms with Gasteiger partial charge in [-0.25, -0.2) is 4.79 Å². The van der Waals surface area contributed by atoms with E-state index in [2.05, 4.69) is 52.9 Å². The van der Waals surface area contributed by atoms with Crippen LogP contribution in [0.25, 0.3) is 0 Å². The molecule has 2 heterocycles. The van der Waals surface area contributed by atoms with Crippen molar-refractivity contribution in [1.82, 2.24) is 4.90 Å². The molecule has 4 rings (SSSR count). The van der Waals surface area contributed by atoms with Gasteiger partial charge in [-0.3, -0.25) is 0 Å². The molecule has 4 nitrogen and oxygen atoms in total. The summed E-state index contributed by atoms with van der Waals surface area (Å²) in [4.78, 5) is 18.6. The third-order valence-corrected chi connectivity index (χ3v) is 6.31. The van der Waals surface area contributed by atoms with Gasteiger partial charge in [0.25, 0.3) is 0 Å². The lowest BCUT2D eigenvalue weighted by Gasteiger charge is -2.29. The molecule has 0 spiro atoms. The highest BCUT2D eigenvalue weighted by Gasteiger charge is 2.18. The number of hydrogen-bond acceptors (Lipinski definition) is 3. The molecular formula is C24H27N3OS. The van der Waals surface area contributed by atoms with E-state index in [1.165, 1.54) is 16.1 Å². The number of benzene rings is 2. The van der Waals surface area contributed by atoms with Crippen LogP contribution in [0, 0.1) is 0 Å². The van der Waals surface area contributed by atoms with Crippen LogP contribution in [0.4, 0.5) is 16.2 Å². The van der Waals surface area contributed by atoms with Gasteiger partial charge in [-0.05, 0) is 59.7 Å². The number of carbonyl (C=O) groups excluding carboxylic acids is 1. The Kier molecular flexibility index (Phi) is 6.15. The van der Waals surface area contributed by atoms with E-state index in [4.69, 9.17) is 0 Å². The van der Waals surface area contributed by atoms with Crippen LogP contribution in [0.5, 0.6) is 0 Å². The minimum Gasteiger partial charge on any atom is -0.367 e. The highest BCUT2D eigenvalue weighted by atomic mass is 32.1. The second-order valence-corrected chi connectivity index (χ2v) is 8.43. The van der Waals surface area contributed by atoms with Gasteiger partial charge in [0.05, 0.1) is 0 Å². The fourth-order valence-corrected chi connectivity index (χ4v) is 4.64. The molecule has 2 amide bonds. The van der Waals surface area contributed by atoms with Gasteiger partial charge in [-0.2, -0.15) is 0 Å². The van der Waals surface area contributed by atoms with Crippen molar-refractivity contribution in [3.8, 4) is 0 Å². The molecule has 1 aliphatic rings. The summed E-state index contributed by atoms with van der Waals surface area (Å²) in [6.07, 6.45) is 2.04. The van der Waals surface area contributed by atoms with E-state index in [-0.39, 0.29) is 6.03 Å². The predicted octanol–water partition coefficient (Wildman–Crippen LogP) is 5.75. The number of fused-ring (bicyclic) bond motifs is 1. The Hall–Kier alpha value is -2.79. The van der Waals surface area contributed by atoms with Crippen LogP contribution in [0.2, 0.25) is 0 Å². The first-order chi connectivity index (χ1) is 14.2. The predicted molar refractivity (Wildman–Crippen MR) is 122 cm³/mol. The summed E-state index contributed by atoms with van der Waals surface area (Å²) >= 11 is 1.86. The average Bonchev–Trinajstić information content (AvgIpc) is 3.22. The number of anilines is 2. The van der Waals surface area contributed by atoms with Crippen LogP contribution in [-0.4, -0.2) is 24.0 Å². The van der Waals surface area contributed by atoms with Crippen molar-refractivity contribution < 1.29 is 4.79 Å². The Morgan fingerprint density at radius 2 is 1.90 bits per heavy atom. The summed E-state index contributed by atoms with van der Waals surface area (Å²) in [7, 11) is 0. The van der Waals surface area contributed by atoms with Gasteiger partial charge in [0, 0.05) is 42.4 Å². The molecule has 0 unspecified atom stereocenters. The van der Waals surface area contributed by atoms with Gasteiger partial charge in [0.1, 0.15) is 0 Å². The zero-order valence-corrected chi connectivity index (χ0v) is 17.6. The van der Waals surface area contributed by atoms with Crippen LogP contribution in [-0.2, 0) is 19.5 Å². The van der Waals surface area contributed by atoms with Crippen LogP contribution in [0.15, 0.2) is 66.0 Å². The number of amides is 2. The maximum absolute atomic E-state index is 12.8. The van der Waals surface area contributed by atoms with E-state index in [0.29, 0.717) is 6.54 Å². The van der Waals surface area contributed by atoms with Crippen molar-refractivity contribution in [2.45, 2.75) is 32.9 Å². The molecule has 2 aromatic carbocycles. The normalized spacial score (nSPS) is 13.1. The lowest BCUT2D eigenvalue weighted by molar-refractivity contribution is 0.209. The Bertz CT molecular complexity index is 936. The first-order valence-electron chi connectivity index (χ1n) is 10.2. The summed E-state index contributed by atoms with van der Waals surface area (Å²) in [5.41, 5.74) is 4.62. The van der Waals surface area contributed by atoms with E-state index in [1.54, 1.807) is 0 Å². The van der Waals surface area contributed by atoms with E-state index in [0.717, 1.165) is 43.7 Å². The van der Waals surface area contributed by atoms with Crippen molar-refractivity contribution in [2.24, 2.45) is 0 Å². The maximum atomic E-state index is 12.8. The summed E-state index contributed by atoms with van der Waals surface area (Å²) < 4.78 is 0. The molecule has 0 radical (unpaired) electrons. The molecule has 1 aliphatic heterocycles. The molecule has 0 bridgehead atoms. The monoisotopic (exact) mass is 405 g/mol. The van der Waals surface area contributed by atoms with Crippen LogP contribution in [0.3, 0.4) is 0 Å². The topological polar surface area (TPSA) is 35.6 Å². The van der Waals surface area contributed by atoms with Gasteiger partial charge in [0.15, 0.2) is 0 Å². The van der Waals surface area contributed by atoms with E-state index in [9.17, 15) is 4.79 Å². The average molecular weight is 406 g/mol. The number of nitrogens with zero attached hydrogens (tertiary/aromatic N) is 2. The Morgan fingerprint density at radius 3 is 2.66 bits per heavy atom. The molecule has 29 heavy (non-hydrogen) atoms. The Labute approximate surface area is 176 Å². The van der Waals surface area contributed by atoms with Gasteiger partial charge >= 0.3 is 6.03 Å². The van der Waals surface area contributed by atoms with Gasteiger partial charge in [-0.1, -0.05) is 37.3 Å². The third kappa shape index (κ3) is 4.80. The molecule has 5 heteroatoms. The van der Waals surface area contributed by atoms with Gasteiger partial charge in [-0.15, -0.1) is 11.3 Å². The number of nitrogens with one attached hydrogen (secondary N) is 1. The fourth-order valence-electron chi connectivity index (χ4n) is 3.75. The number of thiophene rings is 1. The lowest BCUT2D eigenvalue weighted by Crippen LogP contribution is -2.35. The van der Waals surface area contributed by atoms with Crippen molar-refractivity contribution >= 4 is 28.7 Å². The minimum atomic E-state index is -0.0515. The summed E-state index contributed by atoms with van der Waals surface area (Å²) in [5.74, 6) is 0. The first-order valence-corrected chi connectivity index (χ1v) is 11.1. The SMILES string of the molecule is CCCN(Cc1ccccc1)C(=O)Nc1ccc(N2CCc3sccc3C2)cc1. The van der Waals surface area contributed by atoms with Gasteiger partial charge in [0.2, 0.25) is 0 Å². The van der Waals surface area contributed by atoms with Gasteiger partial charge < -0.3 is 15.1 Å². The second-order valence-electron chi connectivity index (χ2n) is 7.42. The highest BCUT2D eigenvalue weighted by molar-refractivity contribution is 7.10. The van der Waals surface area contributed by atoms with E-state index >= 15 is 0 Å². The van der Waals surface area contributed by atoms with Crippen molar-refractivity contribution in [1.29, 1.82) is 0 Å². The molecule has 0 saturated heterocycles. The molecule has 0 saturated carbocycles. The standard InChI is InChI=1S/C24H27N3OS/c1-2-14-27(17-19-6-4-3-5-7-19)24(28)25-21-8-10-22(11-9-21)26-15-12-23-20(18-26)13-16-29-23/h3-11,13,16H,2,12,14-15,17-18H2,1H3,(H,25,28). The Balaban J connectivity index is 1.39. The van der Waals surface area contributed by atoms with E-state index < -0.39 is 0 Å². The smallest absolute Gasteiger partial charge is 0.322 e. The number of hydrogen-bond donors (Lipinski definition) is 1. The fraction of sp³-hybridized carbons (Fsp3) is 0.292. The second kappa shape index (κ2) is 9.14. The van der Waals surface area contributed by atoms with Crippen molar-refractivity contribution in [3.05, 3.63) is 82.0 Å². The number of carbonyl (C=O) groups is 1. The summed E-state index contributed by atoms with van der Waals surface area (Å²) in [6.45, 7) is 5.45. The largest absolute Gasteiger partial charge is 0.367 e. The lowest BCUT2D eigenvalue weighted by atomic mass is 10.1. The first kappa shape index (κ1) is 19.5.